The highest BCUT2D eigenvalue weighted by atomic mass is 79.9. The van der Waals surface area contributed by atoms with Crippen LogP contribution >= 0.6 is 15.9 Å². The minimum absolute atomic E-state index is 0.0231. The van der Waals surface area contributed by atoms with E-state index in [1.54, 1.807) is 18.2 Å². The Labute approximate surface area is 140 Å². The minimum atomic E-state index is -3.84. The van der Waals surface area contributed by atoms with Gasteiger partial charge in [-0.3, -0.25) is 0 Å². The summed E-state index contributed by atoms with van der Waals surface area (Å²) in [6, 6.07) is 11.8. The summed E-state index contributed by atoms with van der Waals surface area (Å²) >= 11 is 3.20. The Bertz CT molecular complexity index is 796. The van der Waals surface area contributed by atoms with Crippen LogP contribution < -0.4 is 9.57 Å². The van der Waals surface area contributed by atoms with Crippen LogP contribution in [0.2, 0.25) is 0 Å². The molecule has 0 saturated heterocycles. The van der Waals surface area contributed by atoms with E-state index in [1.807, 2.05) is 4.83 Å². The van der Waals surface area contributed by atoms with Gasteiger partial charge in [0.05, 0.1) is 11.1 Å². The predicted octanol–water partition coefficient (Wildman–Crippen LogP) is 3.36. The maximum absolute atomic E-state index is 12.3. The van der Waals surface area contributed by atoms with Gasteiger partial charge in [0, 0.05) is 10.0 Å². The van der Waals surface area contributed by atoms with Crippen LogP contribution in [0.1, 0.15) is 5.56 Å². The topological polar surface area (TPSA) is 67.8 Å². The Balaban J connectivity index is 2.14. The summed E-state index contributed by atoms with van der Waals surface area (Å²) in [4.78, 5) is 2.03. The molecule has 0 aliphatic rings. The van der Waals surface area contributed by atoms with E-state index in [0.29, 0.717) is 0 Å². The van der Waals surface area contributed by atoms with Gasteiger partial charge in [0.1, 0.15) is 5.75 Å². The number of rotatable bonds is 6. The third-order valence-electron chi connectivity index (χ3n) is 2.64. The first-order valence-electron chi connectivity index (χ1n) is 6.23. The quantitative estimate of drug-likeness (QED) is 0.592. The van der Waals surface area contributed by atoms with Crippen LogP contribution in [0.5, 0.6) is 5.75 Å². The Hall–Kier alpha value is -2.00. The fraction of sp³-hybridized carbons (Fsp3) is 0.0714. The normalized spacial score (nSPS) is 11.8. The number of benzene rings is 2. The highest BCUT2D eigenvalue weighted by molar-refractivity contribution is 9.10. The van der Waals surface area contributed by atoms with Crippen molar-refractivity contribution < 1.29 is 21.9 Å². The van der Waals surface area contributed by atoms with Crippen LogP contribution in [0.15, 0.2) is 63.0 Å². The average Bonchev–Trinajstić information content (AvgIpc) is 2.49. The van der Waals surface area contributed by atoms with Gasteiger partial charge in [0.15, 0.2) is 0 Å². The molecule has 0 saturated carbocycles. The fourth-order valence-electron chi connectivity index (χ4n) is 1.62. The molecule has 1 N–H and O–H groups in total. The summed E-state index contributed by atoms with van der Waals surface area (Å²) in [7, 11) is -3.84. The molecule has 0 spiro atoms. The highest BCUT2D eigenvalue weighted by Crippen LogP contribution is 2.18. The molecule has 0 aromatic heterocycles. The number of para-hydroxylation sites is 1. The molecule has 9 heteroatoms. The van der Waals surface area contributed by atoms with Crippen molar-refractivity contribution >= 4 is 32.2 Å². The van der Waals surface area contributed by atoms with Gasteiger partial charge < -0.3 is 4.74 Å². The second-order valence-corrected chi connectivity index (χ2v) is 6.80. The van der Waals surface area contributed by atoms with Crippen LogP contribution in [0, 0.1) is 0 Å². The van der Waals surface area contributed by atoms with E-state index >= 15 is 0 Å². The molecule has 0 radical (unpaired) electrons. The lowest BCUT2D eigenvalue weighted by molar-refractivity contribution is -0.0499. The van der Waals surface area contributed by atoms with Crippen LogP contribution in [0.25, 0.3) is 0 Å². The lowest BCUT2D eigenvalue weighted by Crippen LogP contribution is -2.18. The largest absolute Gasteiger partial charge is 0.434 e. The van der Waals surface area contributed by atoms with Gasteiger partial charge in [-0.05, 0) is 36.4 Å². The number of halogens is 3. The van der Waals surface area contributed by atoms with Crippen LogP contribution in [-0.2, 0) is 10.0 Å². The standard InChI is InChI=1S/C14H11BrF2N2O3S/c15-11-5-7-12(8-6-11)23(20,21)19-18-9-10-3-1-2-4-13(10)22-14(16)17/h1-9,14,19H. The number of hydrogen-bond acceptors (Lipinski definition) is 4. The molecule has 0 bridgehead atoms. The van der Waals surface area contributed by atoms with E-state index in [1.165, 1.54) is 30.3 Å². The van der Waals surface area contributed by atoms with Crippen LogP contribution in [0.4, 0.5) is 8.78 Å². The Morgan fingerprint density at radius 1 is 1.13 bits per heavy atom. The van der Waals surface area contributed by atoms with Crippen molar-refractivity contribution in [2.45, 2.75) is 11.5 Å². The number of ether oxygens (including phenoxy) is 1. The van der Waals surface area contributed by atoms with Crippen molar-refractivity contribution in [2.24, 2.45) is 5.10 Å². The maximum atomic E-state index is 12.3. The summed E-state index contributed by atoms with van der Waals surface area (Å²) in [5.74, 6) is -0.103. The molecular formula is C14H11BrF2N2O3S. The predicted molar refractivity (Wildman–Crippen MR) is 85.1 cm³/mol. The molecule has 2 rings (SSSR count). The third-order valence-corrected chi connectivity index (χ3v) is 4.40. The second kappa shape index (κ2) is 7.51. The number of alkyl halides is 2. The maximum Gasteiger partial charge on any atom is 0.387 e. The second-order valence-electron chi connectivity index (χ2n) is 4.22. The highest BCUT2D eigenvalue weighted by Gasteiger charge is 2.12. The minimum Gasteiger partial charge on any atom is -0.434 e. The molecule has 2 aromatic rings. The SMILES string of the molecule is O=S(=O)(NN=Cc1ccccc1OC(F)F)c1ccc(Br)cc1. The molecule has 0 heterocycles. The molecule has 0 aliphatic carbocycles. The van der Waals surface area contributed by atoms with E-state index in [4.69, 9.17) is 0 Å². The van der Waals surface area contributed by atoms with Crippen molar-refractivity contribution in [3.05, 3.63) is 58.6 Å². The number of sulfonamides is 1. The molecule has 5 nitrogen and oxygen atoms in total. The van der Waals surface area contributed by atoms with E-state index in [0.717, 1.165) is 10.7 Å². The first kappa shape index (κ1) is 17.4. The number of nitrogens with zero attached hydrogens (tertiary/aromatic N) is 1. The summed E-state index contributed by atoms with van der Waals surface area (Å²) < 4.78 is 53.6. The van der Waals surface area contributed by atoms with Gasteiger partial charge >= 0.3 is 6.61 Å². The summed E-state index contributed by atoms with van der Waals surface area (Å²) in [6.45, 7) is -2.98. The fourth-order valence-corrected chi connectivity index (χ4v) is 2.68. The van der Waals surface area contributed by atoms with Crippen molar-refractivity contribution in [1.29, 1.82) is 0 Å². The van der Waals surface area contributed by atoms with Crippen molar-refractivity contribution in [2.75, 3.05) is 0 Å². The first-order valence-corrected chi connectivity index (χ1v) is 8.50. The van der Waals surface area contributed by atoms with E-state index in [2.05, 4.69) is 25.8 Å². The summed E-state index contributed by atoms with van der Waals surface area (Å²) in [5.41, 5.74) is 0.214. The number of hydrazone groups is 1. The molecule has 0 atom stereocenters. The third kappa shape index (κ3) is 5.00. The summed E-state index contributed by atoms with van der Waals surface area (Å²) in [5, 5.41) is 3.58. The zero-order valence-electron chi connectivity index (χ0n) is 11.5. The van der Waals surface area contributed by atoms with Gasteiger partial charge in [-0.25, -0.2) is 4.83 Å². The molecule has 122 valence electrons. The Morgan fingerprint density at radius 3 is 2.43 bits per heavy atom. The molecule has 23 heavy (non-hydrogen) atoms. The lowest BCUT2D eigenvalue weighted by Gasteiger charge is -2.07. The van der Waals surface area contributed by atoms with Gasteiger partial charge in [-0.15, -0.1) is 0 Å². The molecule has 0 unspecified atom stereocenters. The zero-order valence-corrected chi connectivity index (χ0v) is 13.9. The van der Waals surface area contributed by atoms with E-state index in [9.17, 15) is 17.2 Å². The average molecular weight is 405 g/mol. The van der Waals surface area contributed by atoms with E-state index < -0.39 is 16.6 Å². The Kier molecular flexibility index (Phi) is 5.67. The monoisotopic (exact) mass is 404 g/mol. The zero-order chi connectivity index (χ0) is 16.9. The van der Waals surface area contributed by atoms with Crippen LogP contribution in [-0.4, -0.2) is 21.2 Å². The van der Waals surface area contributed by atoms with Gasteiger partial charge in [-0.2, -0.15) is 22.3 Å². The van der Waals surface area contributed by atoms with Crippen molar-refractivity contribution in [1.82, 2.24) is 4.83 Å². The molecule has 0 fully saturated rings. The molecule has 2 aromatic carbocycles. The number of nitrogens with one attached hydrogen (secondary N) is 1. The smallest absolute Gasteiger partial charge is 0.387 e. The molecule has 0 aliphatic heterocycles. The first-order chi connectivity index (χ1) is 10.9. The lowest BCUT2D eigenvalue weighted by atomic mass is 10.2. The molecular weight excluding hydrogens is 394 g/mol. The van der Waals surface area contributed by atoms with E-state index in [-0.39, 0.29) is 16.2 Å². The molecule has 0 amide bonds. The van der Waals surface area contributed by atoms with Gasteiger partial charge in [0.25, 0.3) is 10.0 Å². The van der Waals surface area contributed by atoms with Crippen LogP contribution in [0.3, 0.4) is 0 Å². The van der Waals surface area contributed by atoms with Gasteiger partial charge in [-0.1, -0.05) is 28.1 Å². The van der Waals surface area contributed by atoms with Gasteiger partial charge in [0.2, 0.25) is 0 Å². The Morgan fingerprint density at radius 2 is 1.78 bits per heavy atom. The number of hydrogen-bond donors (Lipinski definition) is 1. The van der Waals surface area contributed by atoms with Crippen molar-refractivity contribution in [3.8, 4) is 5.75 Å². The van der Waals surface area contributed by atoms with Crippen molar-refractivity contribution in [3.63, 3.8) is 0 Å². The summed E-state index contributed by atoms with van der Waals surface area (Å²) in [6.07, 6.45) is 1.09.